The number of rotatable bonds is 6. The van der Waals surface area contributed by atoms with Crippen LogP contribution in [0.15, 0.2) is 12.1 Å². The van der Waals surface area contributed by atoms with E-state index in [1.165, 1.54) is 18.9 Å². The lowest BCUT2D eigenvalue weighted by molar-refractivity contribution is -0.133. The van der Waals surface area contributed by atoms with Gasteiger partial charge < -0.3 is 20.1 Å². The Morgan fingerprint density at radius 3 is 2.62 bits per heavy atom. The zero-order chi connectivity index (χ0) is 17.9. The maximum atomic E-state index is 14.1. The molecule has 2 N–H and O–H groups in total. The van der Waals surface area contributed by atoms with Gasteiger partial charge in [-0.3, -0.25) is 9.59 Å². The molecule has 0 aromatic heterocycles. The Morgan fingerprint density at radius 2 is 2.08 bits per heavy atom. The van der Waals surface area contributed by atoms with Gasteiger partial charge in [0.25, 0.3) is 0 Å². The van der Waals surface area contributed by atoms with Gasteiger partial charge in [0.15, 0.2) is 0 Å². The molecule has 2 amide bonds. The summed E-state index contributed by atoms with van der Waals surface area (Å²) in [5.41, 5.74) is -0.170. The highest BCUT2D eigenvalue weighted by atomic mass is 19.1. The fourth-order valence-corrected chi connectivity index (χ4v) is 2.68. The van der Waals surface area contributed by atoms with Crippen molar-refractivity contribution in [2.24, 2.45) is 0 Å². The number of hydrogen-bond acceptors (Lipinski definition) is 4. The summed E-state index contributed by atoms with van der Waals surface area (Å²) in [5.74, 6) is -2.92. The molecule has 8 heteroatoms. The van der Waals surface area contributed by atoms with Crippen molar-refractivity contribution in [2.45, 2.75) is 25.4 Å². The van der Waals surface area contributed by atoms with Crippen molar-refractivity contribution in [3.05, 3.63) is 29.3 Å². The lowest BCUT2D eigenvalue weighted by atomic mass is 9.97. The Kier molecular flexibility index (Phi) is 5.71. The van der Waals surface area contributed by atoms with Crippen LogP contribution in [0.5, 0.6) is 5.75 Å². The minimum absolute atomic E-state index is 0.0566. The lowest BCUT2D eigenvalue weighted by Gasteiger charge is -2.17. The number of ether oxygens (including phenoxy) is 1. The number of carbonyl (C=O) groups excluding carboxylic acids is 2. The van der Waals surface area contributed by atoms with Gasteiger partial charge in [0.2, 0.25) is 11.8 Å². The van der Waals surface area contributed by atoms with Gasteiger partial charge >= 0.3 is 0 Å². The minimum Gasteiger partial charge on any atom is -0.497 e. The van der Waals surface area contributed by atoms with Crippen molar-refractivity contribution >= 4 is 11.8 Å². The first-order chi connectivity index (χ1) is 11.3. The van der Waals surface area contributed by atoms with Gasteiger partial charge in [-0.25, -0.2) is 8.78 Å². The van der Waals surface area contributed by atoms with Crippen molar-refractivity contribution < 1.29 is 28.2 Å². The van der Waals surface area contributed by atoms with E-state index in [1.807, 2.05) is 0 Å². The lowest BCUT2D eigenvalue weighted by Crippen LogP contribution is -2.40. The smallest absolute Gasteiger partial charge is 0.239 e. The normalized spacial score (nSPS) is 18.6. The zero-order valence-corrected chi connectivity index (χ0v) is 13.5. The summed E-state index contributed by atoms with van der Waals surface area (Å²) in [6.45, 7) is 1.45. The molecule has 24 heavy (non-hydrogen) atoms. The van der Waals surface area contributed by atoms with E-state index in [4.69, 9.17) is 9.84 Å². The largest absolute Gasteiger partial charge is 0.497 e. The minimum atomic E-state index is -0.773. The second-order valence-corrected chi connectivity index (χ2v) is 5.83. The number of nitrogens with one attached hydrogen (secondary N) is 1. The number of aliphatic hydroxyl groups excluding tert-OH is 1. The molecule has 1 saturated heterocycles. The maximum absolute atomic E-state index is 14.1. The quantitative estimate of drug-likeness (QED) is 0.801. The Morgan fingerprint density at radius 1 is 1.46 bits per heavy atom. The number of likely N-dealkylation sites (tertiary alicyclic amines) is 1. The Balaban J connectivity index is 2.06. The molecule has 132 valence electrons. The number of benzene rings is 1. The molecule has 2 rings (SSSR count). The zero-order valence-electron chi connectivity index (χ0n) is 13.5. The molecule has 0 bridgehead atoms. The highest BCUT2D eigenvalue weighted by molar-refractivity contribution is 5.86. The third-order valence-corrected chi connectivity index (χ3v) is 3.84. The van der Waals surface area contributed by atoms with Crippen LogP contribution >= 0.6 is 0 Å². The van der Waals surface area contributed by atoms with E-state index in [0.717, 1.165) is 12.1 Å². The SMILES string of the molecule is COc1cc(F)c(C2CC(=O)N(CC(=O)NCC(C)O)C2)c(F)c1. The van der Waals surface area contributed by atoms with Crippen LogP contribution in [0.25, 0.3) is 0 Å². The number of aliphatic hydroxyl groups is 1. The summed E-state index contributed by atoms with van der Waals surface area (Å²) in [5, 5.41) is 11.6. The van der Waals surface area contributed by atoms with E-state index < -0.39 is 29.6 Å². The van der Waals surface area contributed by atoms with Gasteiger partial charge in [0.05, 0.1) is 19.8 Å². The number of carbonyl (C=O) groups is 2. The predicted molar refractivity (Wildman–Crippen MR) is 81.5 cm³/mol. The van der Waals surface area contributed by atoms with Crippen molar-refractivity contribution in [3.63, 3.8) is 0 Å². The molecule has 2 atom stereocenters. The molecule has 1 aromatic rings. The van der Waals surface area contributed by atoms with Crippen molar-refractivity contribution in [2.75, 3.05) is 26.7 Å². The van der Waals surface area contributed by atoms with Crippen molar-refractivity contribution in [1.29, 1.82) is 0 Å². The summed E-state index contributed by atoms with van der Waals surface area (Å²) in [4.78, 5) is 25.0. The monoisotopic (exact) mass is 342 g/mol. The number of methoxy groups -OCH3 is 1. The first-order valence-corrected chi connectivity index (χ1v) is 7.57. The van der Waals surface area contributed by atoms with Gasteiger partial charge in [-0.2, -0.15) is 0 Å². The molecular formula is C16H20F2N2O4. The summed E-state index contributed by atoms with van der Waals surface area (Å²) in [6, 6.07) is 2.14. The molecule has 0 saturated carbocycles. The van der Waals surface area contributed by atoms with Gasteiger partial charge in [0, 0.05) is 43.1 Å². The third-order valence-electron chi connectivity index (χ3n) is 3.84. The highest BCUT2D eigenvalue weighted by Gasteiger charge is 2.35. The molecule has 0 spiro atoms. The van der Waals surface area contributed by atoms with E-state index in [0.29, 0.717) is 0 Å². The fourth-order valence-electron chi connectivity index (χ4n) is 2.68. The number of amides is 2. The molecule has 0 radical (unpaired) electrons. The van der Waals surface area contributed by atoms with E-state index >= 15 is 0 Å². The molecule has 1 aliphatic heterocycles. The standard InChI is InChI=1S/C16H20F2N2O4/c1-9(21)6-19-14(22)8-20-7-10(3-15(20)23)16-12(17)4-11(24-2)5-13(16)18/h4-5,9-10,21H,3,6-8H2,1-2H3,(H,19,22). The van der Waals surface area contributed by atoms with Gasteiger partial charge in [-0.15, -0.1) is 0 Å². The second kappa shape index (κ2) is 7.57. The first kappa shape index (κ1) is 18.1. The van der Waals surface area contributed by atoms with Crippen molar-refractivity contribution in [3.8, 4) is 5.75 Å². The molecule has 0 aliphatic carbocycles. The van der Waals surface area contributed by atoms with Crippen LogP contribution in [0.3, 0.4) is 0 Å². The second-order valence-electron chi connectivity index (χ2n) is 5.83. The van der Waals surface area contributed by atoms with Crippen LogP contribution in [0.2, 0.25) is 0 Å². The Hall–Kier alpha value is -2.22. The van der Waals surface area contributed by atoms with E-state index in [2.05, 4.69) is 5.32 Å². The number of hydrogen-bond donors (Lipinski definition) is 2. The maximum Gasteiger partial charge on any atom is 0.239 e. The number of nitrogens with zero attached hydrogens (tertiary/aromatic N) is 1. The molecule has 1 aromatic carbocycles. The van der Waals surface area contributed by atoms with E-state index in [9.17, 15) is 18.4 Å². The van der Waals surface area contributed by atoms with Crippen LogP contribution in [0.1, 0.15) is 24.8 Å². The molecule has 2 unspecified atom stereocenters. The van der Waals surface area contributed by atoms with Crippen LogP contribution in [-0.4, -0.2) is 54.7 Å². The average Bonchev–Trinajstić information content (AvgIpc) is 2.84. The van der Waals surface area contributed by atoms with Crippen LogP contribution in [0.4, 0.5) is 8.78 Å². The van der Waals surface area contributed by atoms with Crippen LogP contribution in [-0.2, 0) is 9.59 Å². The van der Waals surface area contributed by atoms with Crippen LogP contribution in [0, 0.1) is 11.6 Å². The first-order valence-electron chi connectivity index (χ1n) is 7.57. The van der Waals surface area contributed by atoms with E-state index in [-0.39, 0.29) is 43.3 Å². The molecule has 6 nitrogen and oxygen atoms in total. The summed E-state index contributed by atoms with van der Waals surface area (Å²) >= 11 is 0. The molecule has 1 aliphatic rings. The Bertz CT molecular complexity index is 613. The molecular weight excluding hydrogens is 322 g/mol. The van der Waals surface area contributed by atoms with Crippen LogP contribution < -0.4 is 10.1 Å². The summed E-state index contributed by atoms with van der Waals surface area (Å²) < 4.78 is 33.0. The van der Waals surface area contributed by atoms with Gasteiger partial charge in [-0.1, -0.05) is 0 Å². The van der Waals surface area contributed by atoms with E-state index in [1.54, 1.807) is 0 Å². The topological polar surface area (TPSA) is 78.9 Å². The number of halogens is 2. The molecule has 1 heterocycles. The molecule has 1 fully saturated rings. The fraction of sp³-hybridized carbons (Fsp3) is 0.500. The highest BCUT2D eigenvalue weighted by Crippen LogP contribution is 2.33. The summed E-state index contributed by atoms with van der Waals surface area (Å²) in [6.07, 6.45) is -0.761. The third kappa shape index (κ3) is 4.19. The Labute approximate surface area is 138 Å². The summed E-state index contributed by atoms with van der Waals surface area (Å²) in [7, 11) is 1.31. The van der Waals surface area contributed by atoms with Crippen molar-refractivity contribution in [1.82, 2.24) is 10.2 Å². The van der Waals surface area contributed by atoms with Gasteiger partial charge in [-0.05, 0) is 6.92 Å². The average molecular weight is 342 g/mol. The van der Waals surface area contributed by atoms with Gasteiger partial charge in [0.1, 0.15) is 17.4 Å². The predicted octanol–water partition coefficient (Wildman–Crippen LogP) is 0.786.